The smallest absolute Gasteiger partial charge is 0.410 e. The van der Waals surface area contributed by atoms with Crippen LogP contribution in [0.3, 0.4) is 0 Å². The Bertz CT molecular complexity index is 512. The van der Waals surface area contributed by atoms with Crippen LogP contribution < -0.4 is 4.74 Å². The lowest BCUT2D eigenvalue weighted by atomic mass is 10.0. The summed E-state index contributed by atoms with van der Waals surface area (Å²) < 4.78 is 10.6. The van der Waals surface area contributed by atoms with E-state index in [9.17, 15) is 14.9 Å². The lowest BCUT2D eigenvalue weighted by Gasteiger charge is -2.40. The third-order valence-corrected chi connectivity index (χ3v) is 3.12. The number of rotatable bonds is 2. The molecule has 1 aliphatic rings. The molecule has 20 heavy (non-hydrogen) atoms. The van der Waals surface area contributed by atoms with Gasteiger partial charge in [0.05, 0.1) is 23.7 Å². The van der Waals surface area contributed by atoms with E-state index >= 15 is 0 Å². The molecule has 0 aliphatic carbocycles. The van der Waals surface area contributed by atoms with Crippen molar-refractivity contribution in [1.29, 1.82) is 0 Å². The molecular weight excluding hydrogens is 264 g/mol. The molecule has 1 amide bonds. The molecule has 7 heteroatoms. The van der Waals surface area contributed by atoms with Gasteiger partial charge in [0.15, 0.2) is 0 Å². The summed E-state index contributed by atoms with van der Waals surface area (Å²) in [7, 11) is 0. The Morgan fingerprint density at radius 3 is 2.60 bits per heavy atom. The van der Waals surface area contributed by atoms with E-state index in [0.29, 0.717) is 19.8 Å². The highest BCUT2D eigenvalue weighted by Gasteiger charge is 2.35. The van der Waals surface area contributed by atoms with E-state index in [1.165, 1.54) is 24.3 Å². The van der Waals surface area contributed by atoms with E-state index in [-0.39, 0.29) is 11.4 Å². The molecule has 1 saturated heterocycles. The van der Waals surface area contributed by atoms with Crippen molar-refractivity contribution >= 4 is 11.8 Å². The first-order valence-corrected chi connectivity index (χ1v) is 6.22. The minimum absolute atomic E-state index is 0.0449. The summed E-state index contributed by atoms with van der Waals surface area (Å²) in [5.41, 5.74) is -0.479. The highest BCUT2D eigenvalue weighted by Crippen LogP contribution is 2.22. The first-order valence-electron chi connectivity index (χ1n) is 6.22. The van der Waals surface area contributed by atoms with Gasteiger partial charge >= 0.3 is 6.09 Å². The van der Waals surface area contributed by atoms with Crippen LogP contribution >= 0.6 is 0 Å². The molecule has 0 bridgehead atoms. The standard InChI is InChI=1S/C13H16N2O5/c1-13(2)9-19-8-7-14(13)12(16)20-11-5-3-10(4-6-11)15(17)18/h3-6H,7-9H2,1-2H3. The fourth-order valence-electron chi connectivity index (χ4n) is 1.99. The predicted molar refractivity (Wildman–Crippen MR) is 70.7 cm³/mol. The van der Waals surface area contributed by atoms with Gasteiger partial charge in [0, 0.05) is 18.7 Å². The number of amides is 1. The predicted octanol–water partition coefficient (Wildman–Crippen LogP) is 2.20. The Balaban J connectivity index is 2.05. The van der Waals surface area contributed by atoms with Crippen LogP contribution in [0.4, 0.5) is 10.5 Å². The minimum Gasteiger partial charge on any atom is -0.410 e. The number of non-ortho nitro benzene ring substituents is 1. The molecule has 0 saturated carbocycles. The van der Waals surface area contributed by atoms with Crippen molar-refractivity contribution in [2.45, 2.75) is 19.4 Å². The highest BCUT2D eigenvalue weighted by atomic mass is 16.6. The van der Waals surface area contributed by atoms with Crippen molar-refractivity contribution in [2.75, 3.05) is 19.8 Å². The van der Waals surface area contributed by atoms with Gasteiger partial charge in [-0.3, -0.25) is 15.0 Å². The second-order valence-corrected chi connectivity index (χ2v) is 5.14. The zero-order valence-electron chi connectivity index (χ0n) is 11.4. The fraction of sp³-hybridized carbons (Fsp3) is 0.462. The molecule has 1 aromatic rings. The van der Waals surface area contributed by atoms with Crippen LogP contribution in [0.25, 0.3) is 0 Å². The molecule has 0 spiro atoms. The molecular formula is C13H16N2O5. The average molecular weight is 280 g/mol. The Morgan fingerprint density at radius 2 is 2.05 bits per heavy atom. The first kappa shape index (κ1) is 14.3. The molecule has 1 aromatic carbocycles. The van der Waals surface area contributed by atoms with Crippen molar-refractivity contribution in [3.63, 3.8) is 0 Å². The molecule has 108 valence electrons. The third kappa shape index (κ3) is 3.05. The van der Waals surface area contributed by atoms with Crippen LogP contribution in [-0.4, -0.2) is 41.2 Å². The number of carbonyl (C=O) groups excluding carboxylic acids is 1. The van der Waals surface area contributed by atoms with Crippen molar-refractivity contribution in [1.82, 2.24) is 4.90 Å². The highest BCUT2D eigenvalue weighted by molar-refractivity contribution is 5.71. The maximum atomic E-state index is 12.1. The van der Waals surface area contributed by atoms with Crippen LogP contribution in [0.5, 0.6) is 5.75 Å². The molecule has 0 N–H and O–H groups in total. The summed E-state index contributed by atoms with van der Waals surface area (Å²) in [6.07, 6.45) is -0.479. The second kappa shape index (κ2) is 5.46. The number of nitrogens with zero attached hydrogens (tertiary/aromatic N) is 2. The van der Waals surface area contributed by atoms with Crippen LogP contribution in [-0.2, 0) is 4.74 Å². The molecule has 2 rings (SSSR count). The molecule has 0 unspecified atom stereocenters. The molecule has 7 nitrogen and oxygen atoms in total. The molecule has 1 heterocycles. The zero-order valence-corrected chi connectivity index (χ0v) is 11.4. The first-order chi connectivity index (χ1) is 9.40. The van der Waals surface area contributed by atoms with Crippen molar-refractivity contribution in [2.24, 2.45) is 0 Å². The summed E-state index contributed by atoms with van der Waals surface area (Å²) in [6, 6.07) is 5.41. The molecule has 0 aromatic heterocycles. The summed E-state index contributed by atoms with van der Waals surface area (Å²) >= 11 is 0. The van der Waals surface area contributed by atoms with Crippen molar-refractivity contribution < 1.29 is 19.2 Å². The lowest BCUT2D eigenvalue weighted by molar-refractivity contribution is -0.384. The largest absolute Gasteiger partial charge is 0.415 e. The average Bonchev–Trinajstić information content (AvgIpc) is 2.38. The molecule has 1 fully saturated rings. The van der Waals surface area contributed by atoms with Crippen LogP contribution in [0, 0.1) is 10.1 Å². The summed E-state index contributed by atoms with van der Waals surface area (Å²) in [5.74, 6) is 0.280. The number of hydrogen-bond acceptors (Lipinski definition) is 5. The number of nitro benzene ring substituents is 1. The van der Waals surface area contributed by atoms with Gasteiger partial charge in [0.2, 0.25) is 0 Å². The molecule has 0 atom stereocenters. The van der Waals surface area contributed by atoms with Gasteiger partial charge in [0.25, 0.3) is 5.69 Å². The number of ether oxygens (including phenoxy) is 2. The Kier molecular flexibility index (Phi) is 3.89. The van der Waals surface area contributed by atoms with Crippen molar-refractivity contribution in [3.8, 4) is 5.75 Å². The van der Waals surface area contributed by atoms with E-state index in [4.69, 9.17) is 9.47 Å². The SMILES string of the molecule is CC1(C)COCCN1C(=O)Oc1ccc([N+](=O)[O-])cc1. The summed E-state index contributed by atoms with van der Waals surface area (Å²) in [4.78, 5) is 23.8. The summed E-state index contributed by atoms with van der Waals surface area (Å²) in [5, 5.41) is 10.5. The number of carbonyl (C=O) groups is 1. The lowest BCUT2D eigenvalue weighted by Crippen LogP contribution is -2.56. The van der Waals surface area contributed by atoms with Gasteiger partial charge in [-0.25, -0.2) is 4.79 Å². The minimum atomic E-state index is -0.503. The van der Waals surface area contributed by atoms with E-state index < -0.39 is 16.6 Å². The maximum Gasteiger partial charge on any atom is 0.415 e. The number of nitro groups is 1. The second-order valence-electron chi connectivity index (χ2n) is 5.14. The van der Waals surface area contributed by atoms with Gasteiger partial charge < -0.3 is 9.47 Å². The monoisotopic (exact) mass is 280 g/mol. The fourth-order valence-corrected chi connectivity index (χ4v) is 1.99. The van der Waals surface area contributed by atoms with E-state index in [1.54, 1.807) is 4.90 Å². The zero-order chi connectivity index (χ0) is 14.8. The third-order valence-electron chi connectivity index (χ3n) is 3.12. The van der Waals surface area contributed by atoms with Crippen LogP contribution in [0.2, 0.25) is 0 Å². The van der Waals surface area contributed by atoms with Gasteiger partial charge in [-0.05, 0) is 26.0 Å². The number of hydrogen-bond donors (Lipinski definition) is 0. The Morgan fingerprint density at radius 1 is 1.40 bits per heavy atom. The summed E-state index contributed by atoms with van der Waals surface area (Å²) in [6.45, 7) is 5.16. The molecule has 1 aliphatic heterocycles. The van der Waals surface area contributed by atoms with Gasteiger partial charge in [-0.15, -0.1) is 0 Å². The van der Waals surface area contributed by atoms with Crippen molar-refractivity contribution in [3.05, 3.63) is 34.4 Å². The normalized spacial score (nSPS) is 17.6. The topological polar surface area (TPSA) is 81.9 Å². The van der Waals surface area contributed by atoms with Gasteiger partial charge in [-0.1, -0.05) is 0 Å². The van der Waals surface area contributed by atoms with E-state index in [0.717, 1.165) is 0 Å². The van der Waals surface area contributed by atoms with Gasteiger partial charge in [0.1, 0.15) is 5.75 Å². The Labute approximate surface area is 116 Å². The van der Waals surface area contributed by atoms with Crippen LogP contribution in [0.15, 0.2) is 24.3 Å². The number of morpholine rings is 1. The Hall–Kier alpha value is -2.15. The van der Waals surface area contributed by atoms with Gasteiger partial charge in [-0.2, -0.15) is 0 Å². The number of benzene rings is 1. The van der Waals surface area contributed by atoms with E-state index in [2.05, 4.69) is 0 Å². The quantitative estimate of drug-likeness (QED) is 0.612. The van der Waals surface area contributed by atoms with Crippen LogP contribution in [0.1, 0.15) is 13.8 Å². The van der Waals surface area contributed by atoms with E-state index in [1.807, 2.05) is 13.8 Å². The molecule has 0 radical (unpaired) electrons. The maximum absolute atomic E-state index is 12.1.